The van der Waals surface area contributed by atoms with Gasteiger partial charge in [0.2, 0.25) is 5.88 Å². The molecule has 2 aromatic heterocycles. The quantitative estimate of drug-likeness (QED) is 0.696. The molecule has 0 fully saturated rings. The van der Waals surface area contributed by atoms with Crippen LogP contribution in [-0.2, 0) is 17.8 Å². The van der Waals surface area contributed by atoms with Crippen LogP contribution in [0.15, 0.2) is 34.2 Å². The summed E-state index contributed by atoms with van der Waals surface area (Å²) in [5.74, 6) is -0.613. The Morgan fingerprint density at radius 3 is 2.79 bits per heavy atom. The van der Waals surface area contributed by atoms with E-state index in [0.29, 0.717) is 22.8 Å². The summed E-state index contributed by atoms with van der Waals surface area (Å²) in [6.45, 7) is 1.70. The number of esters is 1. The zero-order valence-electron chi connectivity index (χ0n) is 12.8. The van der Waals surface area contributed by atoms with Gasteiger partial charge in [0.25, 0.3) is 0 Å². The highest BCUT2D eigenvalue weighted by Crippen LogP contribution is 2.19. The summed E-state index contributed by atoms with van der Waals surface area (Å²) in [4.78, 5) is 16.5. The molecule has 0 aliphatic heterocycles. The summed E-state index contributed by atoms with van der Waals surface area (Å²) in [5.41, 5.74) is 7.92. The standard InChI is InChI=1S/C16H14ClN3O3S/c1-9-14(15(18)23-20-9)16(21)22-7-12-8-24-13(19-12)6-10-2-4-11(17)5-3-10/h2-5,8H,6-7,18H2,1H3. The number of rotatable bonds is 5. The highest BCUT2D eigenvalue weighted by molar-refractivity contribution is 7.09. The zero-order chi connectivity index (χ0) is 17.1. The van der Waals surface area contributed by atoms with E-state index in [0.717, 1.165) is 10.6 Å². The first-order valence-corrected chi connectivity index (χ1v) is 8.35. The van der Waals surface area contributed by atoms with Crippen LogP contribution in [0.5, 0.6) is 0 Å². The van der Waals surface area contributed by atoms with Crippen LogP contribution in [0.1, 0.15) is 32.3 Å². The third kappa shape index (κ3) is 3.74. The first-order chi connectivity index (χ1) is 11.5. The van der Waals surface area contributed by atoms with E-state index in [1.165, 1.54) is 11.3 Å². The lowest BCUT2D eigenvalue weighted by Crippen LogP contribution is -2.08. The van der Waals surface area contributed by atoms with Gasteiger partial charge in [0, 0.05) is 16.8 Å². The molecule has 0 atom stereocenters. The molecule has 3 aromatic rings. The van der Waals surface area contributed by atoms with Gasteiger partial charge in [-0.3, -0.25) is 0 Å². The molecule has 0 unspecified atom stereocenters. The monoisotopic (exact) mass is 363 g/mol. The number of nitrogens with two attached hydrogens (primary N) is 1. The Morgan fingerprint density at radius 2 is 2.12 bits per heavy atom. The lowest BCUT2D eigenvalue weighted by Gasteiger charge is -2.02. The average Bonchev–Trinajstić information content (AvgIpc) is 3.14. The Balaban J connectivity index is 1.60. The maximum atomic E-state index is 12.0. The first kappa shape index (κ1) is 16.5. The maximum Gasteiger partial charge on any atom is 0.346 e. The van der Waals surface area contributed by atoms with Crippen molar-refractivity contribution in [1.29, 1.82) is 0 Å². The molecule has 0 aliphatic carbocycles. The molecule has 2 N–H and O–H groups in total. The molecule has 124 valence electrons. The summed E-state index contributed by atoms with van der Waals surface area (Å²) in [6.07, 6.45) is 0.702. The van der Waals surface area contributed by atoms with Gasteiger partial charge < -0.3 is 15.0 Å². The molecule has 24 heavy (non-hydrogen) atoms. The molecule has 0 amide bonds. The molecule has 8 heteroatoms. The van der Waals surface area contributed by atoms with Crippen LogP contribution in [0.25, 0.3) is 0 Å². The lowest BCUT2D eigenvalue weighted by atomic mass is 10.2. The fourth-order valence-corrected chi connectivity index (χ4v) is 3.06. The highest BCUT2D eigenvalue weighted by atomic mass is 35.5. The Bertz CT molecular complexity index is 838. The smallest absolute Gasteiger partial charge is 0.346 e. The normalized spacial score (nSPS) is 10.8. The number of hydrogen-bond donors (Lipinski definition) is 1. The largest absolute Gasteiger partial charge is 0.455 e. The molecule has 0 saturated heterocycles. The molecule has 0 saturated carbocycles. The molecule has 0 spiro atoms. The Kier molecular flexibility index (Phi) is 4.82. The van der Waals surface area contributed by atoms with Crippen LogP contribution in [0.2, 0.25) is 5.02 Å². The fraction of sp³-hybridized carbons (Fsp3) is 0.188. The van der Waals surface area contributed by atoms with Gasteiger partial charge in [0.15, 0.2) is 0 Å². The van der Waals surface area contributed by atoms with E-state index >= 15 is 0 Å². The van der Waals surface area contributed by atoms with Crippen molar-refractivity contribution in [3.05, 3.63) is 62.2 Å². The van der Waals surface area contributed by atoms with Crippen molar-refractivity contribution in [2.75, 3.05) is 5.73 Å². The van der Waals surface area contributed by atoms with Gasteiger partial charge in [-0.1, -0.05) is 28.9 Å². The zero-order valence-corrected chi connectivity index (χ0v) is 14.4. The van der Waals surface area contributed by atoms with Crippen molar-refractivity contribution in [3.63, 3.8) is 0 Å². The highest BCUT2D eigenvalue weighted by Gasteiger charge is 2.20. The third-order valence-corrected chi connectivity index (χ3v) is 4.46. The molecule has 0 radical (unpaired) electrons. The molecule has 0 aliphatic rings. The minimum atomic E-state index is -0.571. The number of carbonyl (C=O) groups excluding carboxylic acids is 1. The summed E-state index contributed by atoms with van der Waals surface area (Å²) in [5, 5.41) is 7.13. The topological polar surface area (TPSA) is 91.2 Å². The molecule has 1 aromatic carbocycles. The number of carbonyl (C=O) groups is 1. The fourth-order valence-electron chi connectivity index (χ4n) is 2.12. The predicted molar refractivity (Wildman–Crippen MR) is 91.1 cm³/mol. The Labute approximate surface area is 147 Å². The SMILES string of the molecule is Cc1noc(N)c1C(=O)OCc1csc(Cc2ccc(Cl)cc2)n1. The van der Waals surface area contributed by atoms with Crippen LogP contribution in [0.3, 0.4) is 0 Å². The van der Waals surface area contributed by atoms with E-state index < -0.39 is 5.97 Å². The van der Waals surface area contributed by atoms with E-state index in [1.807, 2.05) is 29.6 Å². The van der Waals surface area contributed by atoms with Gasteiger partial charge in [0.05, 0.1) is 16.4 Å². The van der Waals surface area contributed by atoms with Crippen LogP contribution in [-0.4, -0.2) is 16.1 Å². The number of aromatic nitrogens is 2. The van der Waals surface area contributed by atoms with Crippen LogP contribution < -0.4 is 5.73 Å². The van der Waals surface area contributed by atoms with Crippen molar-refractivity contribution < 1.29 is 14.1 Å². The number of aryl methyl sites for hydroxylation is 1. The minimum absolute atomic E-state index is 0.0424. The second kappa shape index (κ2) is 7.02. The van der Waals surface area contributed by atoms with Crippen molar-refractivity contribution in [1.82, 2.24) is 10.1 Å². The van der Waals surface area contributed by atoms with Crippen molar-refractivity contribution in [2.45, 2.75) is 20.0 Å². The van der Waals surface area contributed by atoms with Crippen LogP contribution in [0, 0.1) is 6.92 Å². The number of nitrogens with zero attached hydrogens (tertiary/aromatic N) is 2. The average molecular weight is 364 g/mol. The second-order valence-electron chi connectivity index (χ2n) is 5.12. The second-order valence-corrected chi connectivity index (χ2v) is 6.50. The summed E-state index contributed by atoms with van der Waals surface area (Å²) < 4.78 is 9.97. The predicted octanol–water partition coefficient (Wildman–Crippen LogP) is 3.62. The van der Waals surface area contributed by atoms with Gasteiger partial charge >= 0.3 is 5.97 Å². The summed E-state index contributed by atoms with van der Waals surface area (Å²) in [7, 11) is 0. The molecule has 0 bridgehead atoms. The van der Waals surface area contributed by atoms with E-state index in [1.54, 1.807) is 6.92 Å². The Hall–Kier alpha value is -2.38. The van der Waals surface area contributed by atoms with Gasteiger partial charge in [0.1, 0.15) is 12.2 Å². The summed E-state index contributed by atoms with van der Waals surface area (Å²) in [6, 6.07) is 7.61. The van der Waals surface area contributed by atoms with E-state index in [-0.39, 0.29) is 18.1 Å². The number of hydrogen-bond acceptors (Lipinski definition) is 7. The van der Waals surface area contributed by atoms with E-state index in [2.05, 4.69) is 10.1 Å². The van der Waals surface area contributed by atoms with Crippen LogP contribution >= 0.6 is 22.9 Å². The lowest BCUT2D eigenvalue weighted by molar-refractivity contribution is 0.0468. The van der Waals surface area contributed by atoms with E-state index in [4.69, 9.17) is 26.6 Å². The number of thiazole rings is 1. The number of benzene rings is 1. The van der Waals surface area contributed by atoms with Gasteiger partial charge in [-0.2, -0.15) is 0 Å². The number of anilines is 1. The minimum Gasteiger partial charge on any atom is -0.455 e. The third-order valence-electron chi connectivity index (χ3n) is 3.31. The molecular formula is C16H14ClN3O3S. The first-order valence-electron chi connectivity index (χ1n) is 7.09. The van der Waals surface area contributed by atoms with E-state index in [9.17, 15) is 4.79 Å². The Morgan fingerprint density at radius 1 is 1.38 bits per heavy atom. The number of nitrogen functional groups attached to an aromatic ring is 1. The number of halogens is 1. The van der Waals surface area contributed by atoms with Gasteiger partial charge in [-0.05, 0) is 24.6 Å². The summed E-state index contributed by atoms with van der Waals surface area (Å²) >= 11 is 7.39. The van der Waals surface area contributed by atoms with Crippen molar-refractivity contribution >= 4 is 34.8 Å². The molecule has 3 rings (SSSR count). The van der Waals surface area contributed by atoms with Crippen LogP contribution in [0.4, 0.5) is 5.88 Å². The van der Waals surface area contributed by atoms with Crippen molar-refractivity contribution in [3.8, 4) is 0 Å². The molecule has 2 heterocycles. The van der Waals surface area contributed by atoms with Gasteiger partial charge in [-0.15, -0.1) is 11.3 Å². The van der Waals surface area contributed by atoms with Crippen molar-refractivity contribution in [2.24, 2.45) is 0 Å². The molecule has 6 nitrogen and oxygen atoms in total. The maximum absolute atomic E-state index is 12.0. The van der Waals surface area contributed by atoms with Gasteiger partial charge in [-0.25, -0.2) is 9.78 Å². The molecular weight excluding hydrogens is 350 g/mol. The number of ether oxygens (including phenoxy) is 1.